The van der Waals surface area contributed by atoms with E-state index in [2.05, 4.69) is 57.3 Å². The first-order chi connectivity index (χ1) is 7.76. The van der Waals surface area contributed by atoms with Gasteiger partial charge in [0.15, 0.2) is 5.96 Å². The van der Waals surface area contributed by atoms with Gasteiger partial charge >= 0.3 is 0 Å². The molecule has 0 spiro atoms. The molecule has 3 nitrogen and oxygen atoms in total. The van der Waals surface area contributed by atoms with Gasteiger partial charge in [0.1, 0.15) is 0 Å². The summed E-state index contributed by atoms with van der Waals surface area (Å²) in [5, 5.41) is 6.56. The number of nitrogens with one attached hydrogen (secondary N) is 2. The van der Waals surface area contributed by atoms with Crippen molar-refractivity contribution >= 4 is 39.9 Å². The quantitative estimate of drug-likeness (QED) is 0.486. The molecule has 0 radical (unpaired) electrons. The maximum absolute atomic E-state index is 4.16. The molecule has 0 fully saturated rings. The average molecular weight is 351 g/mol. The molecular weight excluding hydrogens is 333 g/mol. The van der Waals surface area contributed by atoms with Crippen LogP contribution in [0.25, 0.3) is 0 Å². The van der Waals surface area contributed by atoms with Crippen molar-refractivity contribution in [2.75, 3.05) is 20.1 Å². The van der Waals surface area contributed by atoms with Crippen LogP contribution in [0.4, 0.5) is 0 Å². The molecule has 16 heavy (non-hydrogen) atoms. The van der Waals surface area contributed by atoms with Crippen molar-refractivity contribution in [2.45, 2.75) is 19.8 Å². The zero-order chi connectivity index (χ0) is 11.8. The summed E-state index contributed by atoms with van der Waals surface area (Å²) in [6.45, 7) is 4.05. The molecule has 0 aliphatic rings. The van der Waals surface area contributed by atoms with E-state index in [0.717, 1.165) is 31.9 Å². The van der Waals surface area contributed by atoms with Crippen molar-refractivity contribution in [2.24, 2.45) is 4.99 Å². The molecule has 0 aromatic carbocycles. The van der Waals surface area contributed by atoms with Gasteiger partial charge in [-0.25, -0.2) is 0 Å². The fourth-order valence-electron chi connectivity index (χ4n) is 1.25. The lowest BCUT2D eigenvalue weighted by Gasteiger charge is -2.10. The summed E-state index contributed by atoms with van der Waals surface area (Å²) in [4.78, 5) is 5.58. The van der Waals surface area contributed by atoms with Gasteiger partial charge in [-0.05, 0) is 47.6 Å². The van der Waals surface area contributed by atoms with Gasteiger partial charge in [0.2, 0.25) is 0 Å². The summed E-state index contributed by atoms with van der Waals surface area (Å²) in [5.41, 5.74) is 0. The number of nitrogens with zero attached hydrogens (tertiary/aromatic N) is 1. The van der Waals surface area contributed by atoms with Crippen molar-refractivity contribution < 1.29 is 0 Å². The Morgan fingerprint density at radius 1 is 1.38 bits per heavy atom. The molecule has 0 saturated carbocycles. The summed E-state index contributed by atoms with van der Waals surface area (Å²) in [6, 6.07) is 4.35. The highest BCUT2D eigenvalue weighted by atomic mass is 127. The number of hydrogen-bond donors (Lipinski definition) is 2. The Kier molecular flexibility index (Phi) is 6.79. The summed E-state index contributed by atoms with van der Waals surface area (Å²) < 4.78 is 1.35. The fraction of sp³-hybridized carbons (Fsp3) is 0.545. The molecule has 90 valence electrons. The monoisotopic (exact) mass is 351 g/mol. The third-order valence-electron chi connectivity index (χ3n) is 2.06. The lowest BCUT2D eigenvalue weighted by atomic mass is 10.3. The highest BCUT2D eigenvalue weighted by molar-refractivity contribution is 14.1. The van der Waals surface area contributed by atoms with Gasteiger partial charge in [-0.1, -0.05) is 6.92 Å². The Hall–Kier alpha value is -0.300. The van der Waals surface area contributed by atoms with Crippen LogP contribution in [0.1, 0.15) is 18.2 Å². The molecule has 1 aromatic rings. The second-order valence-corrected chi connectivity index (χ2v) is 6.44. The van der Waals surface area contributed by atoms with Crippen molar-refractivity contribution in [1.29, 1.82) is 0 Å². The van der Waals surface area contributed by atoms with E-state index in [9.17, 15) is 0 Å². The Balaban J connectivity index is 2.23. The minimum absolute atomic E-state index is 0.896. The SMILES string of the molecule is CCCNC(=NC)NCCc1ccc(I)s1. The molecule has 1 rings (SSSR count). The van der Waals surface area contributed by atoms with E-state index >= 15 is 0 Å². The summed E-state index contributed by atoms with van der Waals surface area (Å²) in [7, 11) is 1.80. The average Bonchev–Trinajstić information content (AvgIpc) is 2.69. The summed E-state index contributed by atoms with van der Waals surface area (Å²) >= 11 is 4.20. The van der Waals surface area contributed by atoms with Crippen LogP contribution in [-0.4, -0.2) is 26.1 Å². The van der Waals surface area contributed by atoms with E-state index in [1.807, 2.05) is 11.3 Å². The van der Waals surface area contributed by atoms with E-state index in [1.165, 1.54) is 7.76 Å². The lowest BCUT2D eigenvalue weighted by Crippen LogP contribution is -2.38. The second kappa shape index (κ2) is 7.89. The number of hydrogen-bond acceptors (Lipinski definition) is 2. The smallest absolute Gasteiger partial charge is 0.190 e. The van der Waals surface area contributed by atoms with Gasteiger partial charge in [-0.15, -0.1) is 11.3 Å². The van der Waals surface area contributed by atoms with Crippen LogP contribution >= 0.6 is 33.9 Å². The first-order valence-electron chi connectivity index (χ1n) is 5.45. The molecule has 0 aliphatic heterocycles. The molecule has 1 heterocycles. The van der Waals surface area contributed by atoms with Crippen molar-refractivity contribution in [3.05, 3.63) is 19.9 Å². The zero-order valence-electron chi connectivity index (χ0n) is 9.72. The topological polar surface area (TPSA) is 36.4 Å². The van der Waals surface area contributed by atoms with Gasteiger partial charge in [0.25, 0.3) is 0 Å². The maximum atomic E-state index is 4.16. The molecule has 2 N–H and O–H groups in total. The zero-order valence-corrected chi connectivity index (χ0v) is 12.7. The second-order valence-electron chi connectivity index (χ2n) is 3.38. The number of guanidine groups is 1. The Labute approximate surface area is 115 Å². The Morgan fingerprint density at radius 3 is 2.69 bits per heavy atom. The largest absolute Gasteiger partial charge is 0.356 e. The van der Waals surface area contributed by atoms with Crippen LogP contribution in [0.5, 0.6) is 0 Å². The van der Waals surface area contributed by atoms with E-state index in [-0.39, 0.29) is 0 Å². The molecular formula is C11H18IN3S. The standard InChI is InChI=1S/C11H18IN3S/c1-3-7-14-11(13-2)15-8-6-9-4-5-10(12)16-9/h4-5H,3,6-8H2,1-2H3,(H2,13,14,15). The van der Waals surface area contributed by atoms with Crippen LogP contribution in [0, 0.1) is 2.88 Å². The van der Waals surface area contributed by atoms with Crippen molar-refractivity contribution in [1.82, 2.24) is 10.6 Å². The molecule has 0 amide bonds. The van der Waals surface area contributed by atoms with E-state index in [4.69, 9.17) is 0 Å². The van der Waals surface area contributed by atoms with Crippen LogP contribution in [0.3, 0.4) is 0 Å². The van der Waals surface area contributed by atoms with E-state index < -0.39 is 0 Å². The Morgan fingerprint density at radius 2 is 2.12 bits per heavy atom. The van der Waals surface area contributed by atoms with Crippen LogP contribution < -0.4 is 10.6 Å². The van der Waals surface area contributed by atoms with E-state index in [0.29, 0.717) is 0 Å². The predicted octanol–water partition coefficient (Wildman–Crippen LogP) is 2.47. The van der Waals surface area contributed by atoms with Gasteiger partial charge in [-0.2, -0.15) is 0 Å². The summed E-state index contributed by atoms with van der Waals surface area (Å²) in [5.74, 6) is 0.896. The predicted molar refractivity (Wildman–Crippen MR) is 80.4 cm³/mol. The molecule has 1 aromatic heterocycles. The van der Waals surface area contributed by atoms with Crippen LogP contribution in [-0.2, 0) is 6.42 Å². The molecule has 0 saturated heterocycles. The van der Waals surface area contributed by atoms with Crippen LogP contribution in [0.2, 0.25) is 0 Å². The number of halogens is 1. The first kappa shape index (κ1) is 13.8. The lowest BCUT2D eigenvalue weighted by molar-refractivity contribution is 0.776. The highest BCUT2D eigenvalue weighted by Crippen LogP contribution is 2.18. The fourth-order valence-corrected chi connectivity index (χ4v) is 3.01. The molecule has 0 atom stereocenters. The molecule has 5 heteroatoms. The van der Waals surface area contributed by atoms with Crippen LogP contribution in [0.15, 0.2) is 17.1 Å². The Bertz CT molecular complexity index is 336. The molecule has 0 bridgehead atoms. The molecule has 0 aliphatic carbocycles. The number of rotatable bonds is 5. The number of thiophene rings is 1. The third-order valence-corrected chi connectivity index (χ3v) is 4.01. The third kappa shape index (κ3) is 5.16. The molecule has 0 unspecified atom stereocenters. The summed E-state index contributed by atoms with van der Waals surface area (Å²) in [6.07, 6.45) is 2.17. The van der Waals surface area contributed by atoms with Gasteiger partial charge in [0.05, 0.1) is 2.88 Å². The number of aliphatic imine (C=N–C) groups is 1. The van der Waals surface area contributed by atoms with Gasteiger partial charge < -0.3 is 10.6 Å². The maximum Gasteiger partial charge on any atom is 0.190 e. The first-order valence-corrected chi connectivity index (χ1v) is 7.34. The highest BCUT2D eigenvalue weighted by Gasteiger charge is 1.99. The van der Waals surface area contributed by atoms with Gasteiger partial charge in [0, 0.05) is 25.0 Å². The van der Waals surface area contributed by atoms with Crippen molar-refractivity contribution in [3.8, 4) is 0 Å². The van der Waals surface area contributed by atoms with Gasteiger partial charge in [-0.3, -0.25) is 4.99 Å². The minimum atomic E-state index is 0.896. The minimum Gasteiger partial charge on any atom is -0.356 e. The normalized spacial score (nSPS) is 11.6. The van der Waals surface area contributed by atoms with E-state index in [1.54, 1.807) is 7.05 Å². The van der Waals surface area contributed by atoms with Crippen molar-refractivity contribution in [3.63, 3.8) is 0 Å².